The largest absolute Gasteiger partial charge is 0.274 e. The first-order chi connectivity index (χ1) is 8.15. The van der Waals surface area contributed by atoms with Gasteiger partial charge in [0, 0.05) is 16.3 Å². The predicted molar refractivity (Wildman–Crippen MR) is 72.5 cm³/mol. The summed E-state index contributed by atoms with van der Waals surface area (Å²) >= 11 is 6.64. The van der Waals surface area contributed by atoms with E-state index in [-0.39, 0.29) is 11.8 Å². The number of rotatable bonds is 4. The number of carbonyl (C=O) groups excluding carboxylic acids is 2. The monoisotopic (exact) mass is 359 g/mol. The number of benzene rings is 1. The molecule has 0 spiro atoms. The van der Waals surface area contributed by atoms with Crippen LogP contribution in [0, 0.1) is 0 Å². The minimum Gasteiger partial charge on any atom is -0.274 e. The van der Waals surface area contributed by atoms with Crippen molar-refractivity contribution in [1.29, 1.82) is 0 Å². The fourth-order valence-corrected chi connectivity index (χ4v) is 2.59. The van der Waals surface area contributed by atoms with E-state index in [9.17, 15) is 9.59 Å². The third kappa shape index (κ3) is 2.45. The van der Waals surface area contributed by atoms with Gasteiger partial charge >= 0.3 is 0 Å². The highest BCUT2D eigenvalue weighted by molar-refractivity contribution is 9.10. The van der Waals surface area contributed by atoms with Crippen molar-refractivity contribution >= 4 is 43.7 Å². The molecular weight excluding hydrogens is 350 g/mol. The van der Waals surface area contributed by atoms with Crippen LogP contribution >= 0.6 is 31.9 Å². The Labute approximate surface area is 116 Å². The molecule has 0 atom stereocenters. The number of carbonyl (C=O) groups is 2. The molecule has 1 aromatic carbocycles. The van der Waals surface area contributed by atoms with Crippen LogP contribution in [0.4, 0.5) is 0 Å². The number of imide groups is 1. The number of nitrogens with zero attached hydrogens (tertiary/aromatic N) is 1. The van der Waals surface area contributed by atoms with E-state index >= 15 is 0 Å². The van der Waals surface area contributed by atoms with E-state index in [1.807, 2.05) is 0 Å². The van der Waals surface area contributed by atoms with Crippen molar-refractivity contribution in [3.63, 3.8) is 0 Å². The van der Waals surface area contributed by atoms with E-state index in [4.69, 9.17) is 0 Å². The quantitative estimate of drug-likeness (QED) is 0.469. The molecule has 0 N–H and O–H groups in total. The van der Waals surface area contributed by atoms with Gasteiger partial charge < -0.3 is 0 Å². The Hall–Kier alpha value is -0.680. The van der Waals surface area contributed by atoms with Gasteiger partial charge in [0.2, 0.25) is 0 Å². The van der Waals surface area contributed by atoms with Gasteiger partial charge in [0.1, 0.15) is 0 Å². The molecule has 90 valence electrons. The van der Waals surface area contributed by atoms with Crippen molar-refractivity contribution in [1.82, 2.24) is 4.90 Å². The van der Waals surface area contributed by atoms with Crippen molar-refractivity contribution < 1.29 is 9.59 Å². The second-order valence-electron chi connectivity index (χ2n) is 3.85. The average Bonchev–Trinajstić information content (AvgIpc) is 2.54. The number of halogens is 2. The Bertz CT molecular complexity index is 474. The number of hydrogen-bond donors (Lipinski definition) is 0. The standard InChI is InChI=1S/C12H11Br2NO2/c13-5-1-2-6-15-11(16)9-4-3-8(14)7-10(9)12(15)17/h3-4,7H,1-2,5-6H2. The van der Waals surface area contributed by atoms with Crippen LogP contribution < -0.4 is 0 Å². The third-order valence-electron chi connectivity index (χ3n) is 2.70. The molecule has 0 aromatic heterocycles. The Morgan fingerprint density at radius 2 is 1.76 bits per heavy atom. The molecule has 1 aliphatic rings. The van der Waals surface area contributed by atoms with Gasteiger partial charge in [-0.25, -0.2) is 0 Å². The van der Waals surface area contributed by atoms with Crippen LogP contribution in [0.3, 0.4) is 0 Å². The molecule has 0 saturated carbocycles. The van der Waals surface area contributed by atoms with Crippen molar-refractivity contribution in [2.45, 2.75) is 12.8 Å². The number of fused-ring (bicyclic) bond motifs is 1. The molecule has 1 heterocycles. The molecular formula is C12H11Br2NO2. The molecule has 0 aliphatic carbocycles. The van der Waals surface area contributed by atoms with Gasteiger partial charge in [-0.15, -0.1) is 0 Å². The Morgan fingerprint density at radius 1 is 1.06 bits per heavy atom. The summed E-state index contributed by atoms with van der Waals surface area (Å²) in [6.45, 7) is 0.496. The van der Waals surface area contributed by atoms with Crippen LogP contribution in [0.1, 0.15) is 33.6 Å². The van der Waals surface area contributed by atoms with Crippen LogP contribution in [-0.2, 0) is 0 Å². The van der Waals surface area contributed by atoms with Gasteiger partial charge in [-0.2, -0.15) is 0 Å². The number of amides is 2. The lowest BCUT2D eigenvalue weighted by molar-refractivity contribution is 0.0652. The van der Waals surface area contributed by atoms with Crippen molar-refractivity contribution in [2.24, 2.45) is 0 Å². The lowest BCUT2D eigenvalue weighted by atomic mass is 10.1. The smallest absolute Gasteiger partial charge is 0.261 e. The summed E-state index contributed by atoms with van der Waals surface area (Å²) in [5.41, 5.74) is 1.01. The minimum absolute atomic E-state index is 0.174. The zero-order valence-corrected chi connectivity index (χ0v) is 12.3. The van der Waals surface area contributed by atoms with Gasteiger partial charge in [0.25, 0.3) is 11.8 Å². The fraction of sp³-hybridized carbons (Fsp3) is 0.333. The maximum atomic E-state index is 12.0. The highest BCUT2D eigenvalue weighted by Gasteiger charge is 2.34. The van der Waals surface area contributed by atoms with E-state index < -0.39 is 0 Å². The topological polar surface area (TPSA) is 37.4 Å². The van der Waals surface area contributed by atoms with Gasteiger partial charge in [-0.1, -0.05) is 31.9 Å². The van der Waals surface area contributed by atoms with E-state index in [0.29, 0.717) is 17.7 Å². The van der Waals surface area contributed by atoms with Crippen molar-refractivity contribution in [3.05, 3.63) is 33.8 Å². The van der Waals surface area contributed by atoms with Crippen molar-refractivity contribution in [2.75, 3.05) is 11.9 Å². The molecule has 1 aliphatic heterocycles. The summed E-state index contributed by atoms with van der Waals surface area (Å²) in [6.07, 6.45) is 1.79. The Morgan fingerprint density at radius 3 is 2.47 bits per heavy atom. The molecule has 0 radical (unpaired) electrons. The van der Waals surface area contributed by atoms with Crippen LogP contribution in [0.15, 0.2) is 22.7 Å². The second-order valence-corrected chi connectivity index (χ2v) is 5.56. The number of unbranched alkanes of at least 4 members (excludes halogenated alkanes) is 1. The van der Waals surface area contributed by atoms with Gasteiger partial charge in [0.05, 0.1) is 11.1 Å². The summed E-state index contributed by atoms with van der Waals surface area (Å²) in [4.78, 5) is 25.3. The molecule has 1 aromatic rings. The highest BCUT2D eigenvalue weighted by Crippen LogP contribution is 2.26. The van der Waals surface area contributed by atoms with E-state index in [1.54, 1.807) is 18.2 Å². The van der Waals surface area contributed by atoms with Crippen LogP contribution in [-0.4, -0.2) is 28.6 Å². The van der Waals surface area contributed by atoms with Crippen LogP contribution in [0.25, 0.3) is 0 Å². The first-order valence-corrected chi connectivity index (χ1v) is 7.28. The molecule has 0 unspecified atom stereocenters. The molecule has 0 fully saturated rings. The fourth-order valence-electron chi connectivity index (χ4n) is 1.83. The van der Waals surface area contributed by atoms with E-state index in [0.717, 1.165) is 22.6 Å². The normalized spacial score (nSPS) is 14.4. The van der Waals surface area contributed by atoms with Crippen LogP contribution in [0.5, 0.6) is 0 Å². The maximum Gasteiger partial charge on any atom is 0.261 e. The third-order valence-corrected chi connectivity index (χ3v) is 3.75. The zero-order valence-electron chi connectivity index (χ0n) is 9.08. The summed E-state index contributed by atoms with van der Waals surface area (Å²) in [7, 11) is 0. The molecule has 2 amide bonds. The molecule has 0 bridgehead atoms. The summed E-state index contributed by atoms with van der Waals surface area (Å²) in [5.74, 6) is -0.354. The van der Waals surface area contributed by atoms with E-state index in [2.05, 4.69) is 31.9 Å². The van der Waals surface area contributed by atoms with Gasteiger partial charge in [0.15, 0.2) is 0 Å². The Balaban J connectivity index is 2.20. The lowest BCUT2D eigenvalue weighted by Gasteiger charge is -2.12. The summed E-state index contributed by atoms with van der Waals surface area (Å²) < 4.78 is 0.819. The minimum atomic E-state index is -0.180. The molecule has 0 saturated heterocycles. The summed E-state index contributed by atoms with van der Waals surface area (Å²) in [6, 6.07) is 5.19. The number of hydrogen-bond acceptors (Lipinski definition) is 2. The van der Waals surface area contributed by atoms with Gasteiger partial charge in [-0.3, -0.25) is 14.5 Å². The maximum absolute atomic E-state index is 12.0. The second kappa shape index (κ2) is 5.31. The summed E-state index contributed by atoms with van der Waals surface area (Å²) in [5, 5.41) is 0.891. The highest BCUT2D eigenvalue weighted by atomic mass is 79.9. The zero-order chi connectivity index (χ0) is 12.4. The van der Waals surface area contributed by atoms with Gasteiger partial charge in [-0.05, 0) is 31.0 Å². The lowest BCUT2D eigenvalue weighted by Crippen LogP contribution is -2.30. The molecule has 5 heteroatoms. The predicted octanol–water partition coefficient (Wildman–Crippen LogP) is 3.22. The van der Waals surface area contributed by atoms with Crippen LogP contribution in [0.2, 0.25) is 0 Å². The van der Waals surface area contributed by atoms with Crippen molar-refractivity contribution in [3.8, 4) is 0 Å². The molecule has 2 rings (SSSR count). The molecule has 3 nitrogen and oxygen atoms in total. The molecule has 17 heavy (non-hydrogen) atoms. The first kappa shape index (κ1) is 12.8. The number of alkyl halides is 1. The first-order valence-electron chi connectivity index (χ1n) is 5.37. The average molecular weight is 361 g/mol. The Kier molecular flexibility index (Phi) is 3.99. The SMILES string of the molecule is O=C1c2ccc(Br)cc2C(=O)N1CCCCBr. The van der Waals surface area contributed by atoms with E-state index in [1.165, 1.54) is 4.90 Å².